The van der Waals surface area contributed by atoms with Crippen LogP contribution in [-0.4, -0.2) is 10.6 Å². The van der Waals surface area contributed by atoms with E-state index in [4.69, 9.17) is 0 Å². The van der Waals surface area contributed by atoms with Gasteiger partial charge in [-0.25, -0.2) is 5.43 Å². The van der Waals surface area contributed by atoms with Gasteiger partial charge < -0.3 is 4.57 Å². The van der Waals surface area contributed by atoms with Crippen molar-refractivity contribution in [2.24, 2.45) is 0 Å². The van der Waals surface area contributed by atoms with Crippen LogP contribution in [0.3, 0.4) is 0 Å². The zero-order valence-corrected chi connectivity index (χ0v) is 9.88. The van der Waals surface area contributed by atoms with Crippen LogP contribution in [-0.2, 0) is 0 Å². The van der Waals surface area contributed by atoms with Gasteiger partial charge in [-0.15, -0.1) is 0 Å². The summed E-state index contributed by atoms with van der Waals surface area (Å²) in [7, 11) is 0. The van der Waals surface area contributed by atoms with E-state index in [1.165, 1.54) is 5.56 Å². The minimum Gasteiger partial charge on any atom is -0.337 e. The second kappa shape index (κ2) is 4.35. The lowest BCUT2D eigenvalue weighted by molar-refractivity contribution is 0.410. The minimum absolute atomic E-state index is 0.280. The van der Waals surface area contributed by atoms with Gasteiger partial charge in [-0.05, 0) is 24.6 Å². The smallest absolute Gasteiger partial charge is 0.104 e. The molecule has 1 aromatic heterocycles. The normalized spacial score (nSPS) is 28.4. The van der Waals surface area contributed by atoms with Gasteiger partial charge in [0.25, 0.3) is 0 Å². The standard InChI is InChI=1S/C14H17N3/c1-11-13(12-7-3-2-4-8-12)14(16-15-11)17-9-5-6-10-17/h2-11,13-16H,1H3. The molecule has 0 bridgehead atoms. The van der Waals surface area contributed by atoms with Crippen molar-refractivity contribution in [3.63, 3.8) is 0 Å². The van der Waals surface area contributed by atoms with Gasteiger partial charge in [0.1, 0.15) is 6.17 Å². The average molecular weight is 227 g/mol. The monoisotopic (exact) mass is 227 g/mol. The molecule has 88 valence electrons. The van der Waals surface area contributed by atoms with Gasteiger partial charge in [-0.3, -0.25) is 5.43 Å². The van der Waals surface area contributed by atoms with Crippen LogP contribution < -0.4 is 10.9 Å². The van der Waals surface area contributed by atoms with E-state index in [0.29, 0.717) is 12.0 Å². The predicted molar refractivity (Wildman–Crippen MR) is 68.4 cm³/mol. The quantitative estimate of drug-likeness (QED) is 0.824. The van der Waals surface area contributed by atoms with Crippen LogP contribution in [0.5, 0.6) is 0 Å². The van der Waals surface area contributed by atoms with Crippen molar-refractivity contribution in [2.45, 2.75) is 25.0 Å². The molecule has 1 aromatic carbocycles. The van der Waals surface area contributed by atoms with Gasteiger partial charge in [-0.2, -0.15) is 0 Å². The fraction of sp³-hybridized carbons (Fsp3) is 0.286. The molecule has 2 aromatic rings. The minimum atomic E-state index is 0.280. The van der Waals surface area contributed by atoms with Crippen molar-refractivity contribution in [3.8, 4) is 0 Å². The number of nitrogens with zero attached hydrogens (tertiary/aromatic N) is 1. The summed E-state index contributed by atoms with van der Waals surface area (Å²) in [6.07, 6.45) is 4.49. The molecule has 1 saturated heterocycles. The molecular formula is C14H17N3. The number of aromatic nitrogens is 1. The Morgan fingerprint density at radius 2 is 1.65 bits per heavy atom. The summed E-state index contributed by atoms with van der Waals surface area (Å²) in [6.45, 7) is 2.22. The van der Waals surface area contributed by atoms with Crippen molar-refractivity contribution in [1.82, 2.24) is 15.4 Å². The van der Waals surface area contributed by atoms with E-state index in [2.05, 4.69) is 77.2 Å². The lowest BCUT2D eigenvalue weighted by atomic mass is 9.91. The number of benzene rings is 1. The third-order valence-corrected chi connectivity index (χ3v) is 3.47. The molecule has 17 heavy (non-hydrogen) atoms. The highest BCUT2D eigenvalue weighted by Crippen LogP contribution is 2.33. The Balaban J connectivity index is 1.95. The number of hydrazine groups is 1. The Bertz CT molecular complexity index is 463. The Hall–Kier alpha value is -1.58. The maximum atomic E-state index is 3.37. The van der Waals surface area contributed by atoms with Gasteiger partial charge in [0.05, 0.1) is 0 Å². The van der Waals surface area contributed by atoms with Crippen LogP contribution in [0.25, 0.3) is 0 Å². The lowest BCUT2D eigenvalue weighted by Gasteiger charge is -2.22. The Morgan fingerprint density at radius 3 is 2.35 bits per heavy atom. The molecule has 3 nitrogen and oxygen atoms in total. The molecule has 1 fully saturated rings. The van der Waals surface area contributed by atoms with Gasteiger partial charge in [0, 0.05) is 24.4 Å². The molecular weight excluding hydrogens is 210 g/mol. The summed E-state index contributed by atoms with van der Waals surface area (Å²) in [5.41, 5.74) is 8.08. The third-order valence-electron chi connectivity index (χ3n) is 3.47. The number of rotatable bonds is 2. The van der Waals surface area contributed by atoms with Crippen molar-refractivity contribution in [2.75, 3.05) is 0 Å². The Morgan fingerprint density at radius 1 is 0.941 bits per heavy atom. The van der Waals surface area contributed by atoms with Crippen LogP contribution in [0.4, 0.5) is 0 Å². The first kappa shape index (κ1) is 10.6. The number of nitrogens with one attached hydrogen (secondary N) is 2. The zero-order valence-electron chi connectivity index (χ0n) is 9.88. The zero-order chi connectivity index (χ0) is 11.7. The summed E-state index contributed by atoms with van der Waals surface area (Å²) < 4.78 is 2.22. The molecule has 0 amide bonds. The molecule has 0 spiro atoms. The maximum absolute atomic E-state index is 3.37. The molecule has 1 aliphatic heterocycles. The van der Waals surface area contributed by atoms with Crippen molar-refractivity contribution < 1.29 is 0 Å². The highest BCUT2D eigenvalue weighted by Gasteiger charge is 2.34. The van der Waals surface area contributed by atoms with Crippen LogP contribution >= 0.6 is 0 Å². The first-order valence-electron chi connectivity index (χ1n) is 6.05. The van der Waals surface area contributed by atoms with Crippen LogP contribution in [0, 0.1) is 0 Å². The summed E-state index contributed by atoms with van der Waals surface area (Å²) in [4.78, 5) is 0. The van der Waals surface area contributed by atoms with E-state index in [1.807, 2.05) is 0 Å². The fourth-order valence-electron chi connectivity index (χ4n) is 2.61. The van der Waals surface area contributed by atoms with Crippen LogP contribution in [0.1, 0.15) is 24.6 Å². The second-order valence-corrected chi connectivity index (χ2v) is 4.59. The van der Waals surface area contributed by atoms with Crippen LogP contribution in [0.15, 0.2) is 54.9 Å². The first-order valence-corrected chi connectivity index (χ1v) is 6.05. The third kappa shape index (κ3) is 1.88. The van der Waals surface area contributed by atoms with E-state index in [1.54, 1.807) is 0 Å². The molecule has 0 aliphatic carbocycles. The molecule has 3 rings (SSSR count). The Labute approximate surface area is 101 Å². The van der Waals surface area contributed by atoms with Crippen molar-refractivity contribution in [1.29, 1.82) is 0 Å². The molecule has 0 radical (unpaired) electrons. The summed E-state index contributed by atoms with van der Waals surface area (Å²) in [5, 5.41) is 0. The van der Waals surface area contributed by atoms with Gasteiger partial charge in [0.15, 0.2) is 0 Å². The summed E-state index contributed by atoms with van der Waals surface area (Å²) >= 11 is 0. The second-order valence-electron chi connectivity index (χ2n) is 4.59. The largest absolute Gasteiger partial charge is 0.337 e. The molecule has 2 heterocycles. The van der Waals surface area contributed by atoms with E-state index in [9.17, 15) is 0 Å². The first-order chi connectivity index (χ1) is 8.36. The predicted octanol–water partition coefficient (Wildman–Crippen LogP) is 2.27. The van der Waals surface area contributed by atoms with E-state index in [0.717, 1.165) is 0 Å². The topological polar surface area (TPSA) is 29.0 Å². The molecule has 3 atom stereocenters. The fourth-order valence-corrected chi connectivity index (χ4v) is 2.61. The van der Waals surface area contributed by atoms with Gasteiger partial charge in [-0.1, -0.05) is 30.3 Å². The lowest BCUT2D eigenvalue weighted by Crippen LogP contribution is -2.30. The van der Waals surface area contributed by atoms with E-state index < -0.39 is 0 Å². The van der Waals surface area contributed by atoms with E-state index in [-0.39, 0.29) is 6.17 Å². The molecule has 1 aliphatic rings. The molecule has 3 heteroatoms. The van der Waals surface area contributed by atoms with Crippen molar-refractivity contribution in [3.05, 3.63) is 60.4 Å². The summed E-state index contributed by atoms with van der Waals surface area (Å²) in [6, 6.07) is 15.2. The van der Waals surface area contributed by atoms with Gasteiger partial charge in [0.2, 0.25) is 0 Å². The average Bonchev–Trinajstić information content (AvgIpc) is 2.98. The highest BCUT2D eigenvalue weighted by atomic mass is 15.5. The van der Waals surface area contributed by atoms with Crippen LogP contribution in [0.2, 0.25) is 0 Å². The van der Waals surface area contributed by atoms with Gasteiger partial charge >= 0.3 is 0 Å². The number of hydrogen-bond acceptors (Lipinski definition) is 2. The Kier molecular flexibility index (Phi) is 2.71. The molecule has 2 N–H and O–H groups in total. The molecule has 0 saturated carbocycles. The molecule has 3 unspecified atom stereocenters. The SMILES string of the molecule is CC1NNC(n2cccc2)C1c1ccccc1. The maximum Gasteiger partial charge on any atom is 0.104 e. The summed E-state index contributed by atoms with van der Waals surface area (Å²) in [5.74, 6) is 0.448. The van der Waals surface area contributed by atoms with E-state index >= 15 is 0 Å². The highest BCUT2D eigenvalue weighted by molar-refractivity contribution is 5.24. The van der Waals surface area contributed by atoms with Crippen molar-refractivity contribution >= 4 is 0 Å². The number of hydrogen-bond donors (Lipinski definition) is 2.